The molecule has 5 heteroatoms. The maximum atomic E-state index is 11.9. The lowest BCUT2D eigenvalue weighted by Gasteiger charge is -2.16. The molecule has 0 atom stereocenters. The van der Waals surface area contributed by atoms with Gasteiger partial charge in [-0.2, -0.15) is 0 Å². The fraction of sp³-hybridized carbons (Fsp3) is 0.462. The molecule has 1 aromatic rings. The van der Waals surface area contributed by atoms with E-state index < -0.39 is 0 Å². The number of nitrogens with zero attached hydrogens (tertiary/aromatic N) is 2. The molecule has 1 aromatic carbocycles. The van der Waals surface area contributed by atoms with Gasteiger partial charge < -0.3 is 11.1 Å². The van der Waals surface area contributed by atoms with E-state index in [1.807, 2.05) is 0 Å². The number of amides is 1. The minimum absolute atomic E-state index is 0.0350. The average Bonchev–Trinajstić information content (AvgIpc) is 2.67. The normalized spacial score (nSPS) is 18.1. The zero-order chi connectivity index (χ0) is 13.1. The second-order valence-electron chi connectivity index (χ2n) is 4.88. The molecule has 0 bridgehead atoms. The summed E-state index contributed by atoms with van der Waals surface area (Å²) in [5, 5.41) is 7.30. The topological polar surface area (TPSA) is 61.6 Å². The Bertz CT molecular complexity index is 408. The number of carbonyl (C=O) groups excluding carboxylic acids is 1. The Hall–Kier alpha value is -1.59. The number of hydrazine groups is 1. The highest BCUT2D eigenvalue weighted by atomic mass is 16.1. The van der Waals surface area contributed by atoms with Crippen LogP contribution in [-0.2, 0) is 0 Å². The van der Waals surface area contributed by atoms with Crippen LogP contribution in [-0.4, -0.2) is 49.7 Å². The Labute approximate surface area is 108 Å². The van der Waals surface area contributed by atoms with Gasteiger partial charge in [-0.25, -0.2) is 10.0 Å². The molecule has 0 aromatic heterocycles. The van der Waals surface area contributed by atoms with Gasteiger partial charge in [0.05, 0.1) is 0 Å². The summed E-state index contributed by atoms with van der Waals surface area (Å²) in [6, 6.07) is 6.98. The summed E-state index contributed by atoms with van der Waals surface area (Å²) < 4.78 is 0. The van der Waals surface area contributed by atoms with Gasteiger partial charge in [0.1, 0.15) is 0 Å². The highest BCUT2D eigenvalue weighted by molar-refractivity contribution is 5.94. The number of nitrogen functional groups attached to an aromatic ring is 1. The van der Waals surface area contributed by atoms with Gasteiger partial charge >= 0.3 is 0 Å². The summed E-state index contributed by atoms with van der Waals surface area (Å²) in [6.45, 7) is 2.68. The highest BCUT2D eigenvalue weighted by Gasteiger charge is 2.24. The van der Waals surface area contributed by atoms with Crippen molar-refractivity contribution in [1.29, 1.82) is 0 Å². The number of hydrogen-bond donors (Lipinski definition) is 2. The molecule has 2 rings (SSSR count). The van der Waals surface area contributed by atoms with Crippen LogP contribution in [0.3, 0.4) is 0 Å². The van der Waals surface area contributed by atoms with E-state index in [1.54, 1.807) is 24.3 Å². The molecule has 1 saturated heterocycles. The van der Waals surface area contributed by atoms with Crippen molar-refractivity contribution in [1.82, 2.24) is 15.3 Å². The van der Waals surface area contributed by atoms with Crippen LogP contribution in [0.25, 0.3) is 0 Å². The molecular weight excluding hydrogens is 228 g/mol. The smallest absolute Gasteiger partial charge is 0.251 e. The Morgan fingerprint density at radius 3 is 2.39 bits per heavy atom. The van der Waals surface area contributed by atoms with Gasteiger partial charge in [-0.15, -0.1) is 0 Å². The summed E-state index contributed by atoms with van der Waals surface area (Å²) in [5.41, 5.74) is 6.92. The number of benzene rings is 1. The maximum Gasteiger partial charge on any atom is 0.251 e. The summed E-state index contributed by atoms with van der Waals surface area (Å²) in [6.07, 6.45) is 0. The van der Waals surface area contributed by atoms with Crippen molar-refractivity contribution in [2.75, 3.05) is 39.5 Å². The number of hydrogen-bond acceptors (Lipinski definition) is 4. The van der Waals surface area contributed by atoms with Crippen molar-refractivity contribution in [3.05, 3.63) is 29.8 Å². The van der Waals surface area contributed by atoms with Crippen molar-refractivity contribution in [3.8, 4) is 0 Å². The summed E-state index contributed by atoms with van der Waals surface area (Å²) in [7, 11) is 4.11. The lowest BCUT2D eigenvalue weighted by atomic mass is 10.1. The minimum Gasteiger partial charge on any atom is -0.399 e. The Balaban J connectivity index is 1.84. The quantitative estimate of drug-likeness (QED) is 0.761. The average molecular weight is 248 g/mol. The zero-order valence-electron chi connectivity index (χ0n) is 10.9. The monoisotopic (exact) mass is 248 g/mol. The van der Waals surface area contributed by atoms with Crippen LogP contribution in [0.2, 0.25) is 0 Å². The van der Waals surface area contributed by atoms with E-state index in [-0.39, 0.29) is 5.91 Å². The second-order valence-corrected chi connectivity index (χ2v) is 4.88. The molecule has 5 nitrogen and oxygen atoms in total. The first-order chi connectivity index (χ1) is 8.56. The minimum atomic E-state index is -0.0350. The fourth-order valence-corrected chi connectivity index (χ4v) is 2.19. The van der Waals surface area contributed by atoms with E-state index in [1.165, 1.54) is 0 Å². The van der Waals surface area contributed by atoms with Gasteiger partial charge in [0.2, 0.25) is 0 Å². The van der Waals surface area contributed by atoms with Gasteiger partial charge in [0, 0.05) is 50.9 Å². The molecule has 1 heterocycles. The lowest BCUT2D eigenvalue weighted by molar-refractivity contribution is 0.0894. The van der Waals surface area contributed by atoms with Crippen LogP contribution < -0.4 is 11.1 Å². The molecule has 1 aliphatic rings. The van der Waals surface area contributed by atoms with Crippen LogP contribution in [0.1, 0.15) is 10.4 Å². The van der Waals surface area contributed by atoms with E-state index in [0.717, 1.165) is 13.1 Å². The highest BCUT2D eigenvalue weighted by Crippen LogP contribution is 2.12. The van der Waals surface area contributed by atoms with E-state index in [9.17, 15) is 4.79 Å². The van der Waals surface area contributed by atoms with Crippen LogP contribution in [0.4, 0.5) is 5.69 Å². The third kappa shape index (κ3) is 3.00. The molecule has 0 radical (unpaired) electrons. The largest absolute Gasteiger partial charge is 0.399 e. The number of nitrogens with two attached hydrogens (primary N) is 1. The van der Waals surface area contributed by atoms with E-state index >= 15 is 0 Å². The van der Waals surface area contributed by atoms with Crippen molar-refractivity contribution in [2.45, 2.75) is 0 Å². The summed E-state index contributed by atoms with van der Waals surface area (Å²) in [5.74, 6) is 0.449. The maximum absolute atomic E-state index is 11.9. The van der Waals surface area contributed by atoms with Crippen LogP contribution in [0.5, 0.6) is 0 Å². The molecule has 1 fully saturated rings. The first-order valence-corrected chi connectivity index (χ1v) is 6.12. The van der Waals surface area contributed by atoms with Gasteiger partial charge in [-0.3, -0.25) is 4.79 Å². The Kier molecular flexibility index (Phi) is 3.84. The number of rotatable bonds is 3. The van der Waals surface area contributed by atoms with Gasteiger partial charge in [0.25, 0.3) is 5.91 Å². The molecule has 0 spiro atoms. The molecule has 1 aliphatic heterocycles. The standard InChI is InChI=1S/C13H20N4O/c1-16-8-10(9-17(16)2)7-15-13(18)11-3-5-12(14)6-4-11/h3-6,10H,7-9,14H2,1-2H3,(H,15,18). The van der Waals surface area contributed by atoms with Crippen LogP contribution >= 0.6 is 0 Å². The third-order valence-electron chi connectivity index (χ3n) is 3.35. The first-order valence-electron chi connectivity index (χ1n) is 6.12. The second kappa shape index (κ2) is 5.37. The summed E-state index contributed by atoms with van der Waals surface area (Å²) >= 11 is 0. The Morgan fingerprint density at radius 1 is 1.28 bits per heavy atom. The summed E-state index contributed by atoms with van der Waals surface area (Å²) in [4.78, 5) is 11.9. The van der Waals surface area contributed by atoms with Crippen molar-refractivity contribution in [2.24, 2.45) is 5.92 Å². The number of anilines is 1. The van der Waals surface area contributed by atoms with E-state index in [0.29, 0.717) is 23.7 Å². The van der Waals surface area contributed by atoms with Gasteiger partial charge in [0.15, 0.2) is 0 Å². The van der Waals surface area contributed by atoms with Crippen LogP contribution in [0.15, 0.2) is 24.3 Å². The predicted octanol–water partition coefficient (Wildman–Crippen LogP) is 0.407. The Morgan fingerprint density at radius 2 is 1.83 bits per heavy atom. The number of nitrogens with one attached hydrogen (secondary N) is 1. The molecule has 3 N–H and O–H groups in total. The lowest BCUT2D eigenvalue weighted by Crippen LogP contribution is -2.31. The number of carbonyl (C=O) groups is 1. The molecule has 0 aliphatic carbocycles. The molecule has 98 valence electrons. The molecule has 0 saturated carbocycles. The van der Waals surface area contributed by atoms with E-state index in [4.69, 9.17) is 5.73 Å². The molecule has 0 unspecified atom stereocenters. The van der Waals surface area contributed by atoms with Crippen molar-refractivity contribution in [3.63, 3.8) is 0 Å². The molecule has 1 amide bonds. The zero-order valence-corrected chi connectivity index (χ0v) is 10.9. The predicted molar refractivity (Wildman–Crippen MR) is 71.9 cm³/mol. The first kappa shape index (κ1) is 12.9. The van der Waals surface area contributed by atoms with Crippen molar-refractivity contribution >= 4 is 11.6 Å². The molecular formula is C13H20N4O. The third-order valence-corrected chi connectivity index (χ3v) is 3.35. The van der Waals surface area contributed by atoms with Gasteiger partial charge in [-0.1, -0.05) is 0 Å². The van der Waals surface area contributed by atoms with Crippen LogP contribution in [0, 0.1) is 5.92 Å². The molecule has 18 heavy (non-hydrogen) atoms. The van der Waals surface area contributed by atoms with E-state index in [2.05, 4.69) is 29.4 Å². The van der Waals surface area contributed by atoms with Crippen molar-refractivity contribution < 1.29 is 4.79 Å². The van der Waals surface area contributed by atoms with Gasteiger partial charge in [-0.05, 0) is 24.3 Å². The SMILES string of the molecule is CN1CC(CNC(=O)c2ccc(N)cc2)CN1C. The fourth-order valence-electron chi connectivity index (χ4n) is 2.19.